The van der Waals surface area contributed by atoms with E-state index in [-0.39, 0.29) is 5.78 Å². The summed E-state index contributed by atoms with van der Waals surface area (Å²) < 4.78 is 1.98. The first kappa shape index (κ1) is 21.0. The molecule has 0 saturated carbocycles. The van der Waals surface area contributed by atoms with Crippen molar-refractivity contribution < 1.29 is 4.79 Å². The predicted octanol–water partition coefficient (Wildman–Crippen LogP) is 7.13. The van der Waals surface area contributed by atoms with Gasteiger partial charge in [0.05, 0.1) is 21.7 Å². The zero-order valence-electron chi connectivity index (χ0n) is 17.5. The molecule has 7 heteroatoms. The average Bonchev–Trinajstić information content (AvgIpc) is 3.47. The van der Waals surface area contributed by atoms with Gasteiger partial charge in [0.25, 0.3) is 0 Å². The van der Waals surface area contributed by atoms with Gasteiger partial charge in [-0.25, -0.2) is 15.0 Å². The van der Waals surface area contributed by atoms with E-state index >= 15 is 0 Å². The third kappa shape index (κ3) is 3.78. The highest BCUT2D eigenvalue weighted by Crippen LogP contribution is 2.43. The molecule has 0 spiro atoms. The smallest absolute Gasteiger partial charge is 0.173 e. The molecular weight excluding hydrogens is 514 g/mol. The van der Waals surface area contributed by atoms with Gasteiger partial charge in [-0.3, -0.25) is 4.79 Å². The van der Waals surface area contributed by atoms with E-state index < -0.39 is 0 Å². The minimum atomic E-state index is 0.0887. The van der Waals surface area contributed by atoms with Crippen LogP contribution in [0, 0.1) is 0 Å². The predicted molar refractivity (Wildman–Crippen MR) is 139 cm³/mol. The number of carbonyl (C=O) groups is 1. The molecule has 0 saturated heterocycles. The molecule has 2 aromatic carbocycles. The first-order chi connectivity index (χ1) is 16.2. The molecule has 1 aliphatic rings. The molecule has 162 valence electrons. The number of hydrogen-bond donors (Lipinski definition) is 0. The molecule has 5 aromatic rings. The number of halogens is 1. The Labute approximate surface area is 207 Å². The molecule has 0 N–H and O–H groups in total. The van der Waals surface area contributed by atoms with Crippen molar-refractivity contribution in [3.05, 3.63) is 82.1 Å². The van der Waals surface area contributed by atoms with Gasteiger partial charge < -0.3 is 0 Å². The molecule has 1 aliphatic carbocycles. The lowest BCUT2D eigenvalue weighted by Gasteiger charge is -2.09. The SMILES string of the molecule is O=C(CSc1ncnc2c1sc1nc(-c3ccccc3)c3c(c12)CCC3)c1ccc(Br)cc1. The summed E-state index contributed by atoms with van der Waals surface area (Å²) >= 11 is 6.53. The highest BCUT2D eigenvalue weighted by Gasteiger charge is 2.25. The van der Waals surface area contributed by atoms with Gasteiger partial charge in [-0.15, -0.1) is 11.3 Å². The summed E-state index contributed by atoms with van der Waals surface area (Å²) in [7, 11) is 0. The quantitative estimate of drug-likeness (QED) is 0.137. The Bertz CT molecular complexity index is 1510. The van der Waals surface area contributed by atoms with E-state index in [9.17, 15) is 4.79 Å². The Morgan fingerprint density at radius 2 is 1.79 bits per heavy atom. The second kappa shape index (κ2) is 8.63. The zero-order chi connectivity index (χ0) is 22.4. The van der Waals surface area contributed by atoms with Crippen LogP contribution < -0.4 is 0 Å². The Morgan fingerprint density at radius 1 is 1.00 bits per heavy atom. The van der Waals surface area contributed by atoms with Gasteiger partial charge in [-0.1, -0.05) is 70.2 Å². The fourth-order valence-corrected chi connectivity index (χ4v) is 6.86. The number of benzene rings is 2. The van der Waals surface area contributed by atoms with Gasteiger partial charge in [0.15, 0.2) is 5.78 Å². The van der Waals surface area contributed by atoms with Crippen LogP contribution in [0.2, 0.25) is 0 Å². The lowest BCUT2D eigenvalue weighted by Crippen LogP contribution is -2.02. The van der Waals surface area contributed by atoms with Crippen molar-refractivity contribution in [1.29, 1.82) is 0 Å². The molecule has 0 unspecified atom stereocenters. The summed E-state index contributed by atoms with van der Waals surface area (Å²) in [5.74, 6) is 0.425. The number of aromatic nitrogens is 3. The Morgan fingerprint density at radius 3 is 2.61 bits per heavy atom. The zero-order valence-corrected chi connectivity index (χ0v) is 20.8. The number of thiophene rings is 1. The molecular formula is C26H18BrN3OS2. The highest BCUT2D eigenvalue weighted by molar-refractivity contribution is 9.10. The molecule has 0 atom stereocenters. The number of ketones is 1. The van der Waals surface area contributed by atoms with Crippen molar-refractivity contribution in [1.82, 2.24) is 15.0 Å². The number of carbonyl (C=O) groups excluding carboxylic acids is 1. The maximum Gasteiger partial charge on any atom is 0.173 e. The van der Waals surface area contributed by atoms with Crippen LogP contribution in [0.15, 0.2) is 70.4 Å². The van der Waals surface area contributed by atoms with Crippen molar-refractivity contribution in [3.63, 3.8) is 0 Å². The van der Waals surface area contributed by atoms with Crippen LogP contribution in [0.1, 0.15) is 27.9 Å². The summed E-state index contributed by atoms with van der Waals surface area (Å²) in [6.07, 6.45) is 4.86. The monoisotopic (exact) mass is 531 g/mol. The Kier molecular flexibility index (Phi) is 5.48. The van der Waals surface area contributed by atoms with Crippen molar-refractivity contribution in [3.8, 4) is 11.3 Å². The average molecular weight is 532 g/mol. The fourth-order valence-electron chi connectivity index (χ4n) is 4.47. The topological polar surface area (TPSA) is 55.7 Å². The molecule has 0 amide bonds. The second-order valence-corrected chi connectivity index (χ2v) is 10.9. The Balaban J connectivity index is 1.42. The van der Waals surface area contributed by atoms with Gasteiger partial charge in [0.1, 0.15) is 16.2 Å². The number of thioether (sulfide) groups is 1. The number of hydrogen-bond acceptors (Lipinski definition) is 6. The van der Waals surface area contributed by atoms with Gasteiger partial charge in [0, 0.05) is 21.0 Å². The molecule has 6 rings (SSSR count). The third-order valence-corrected chi connectivity index (χ3v) is 8.72. The number of nitrogens with zero attached hydrogens (tertiary/aromatic N) is 3. The minimum Gasteiger partial charge on any atom is -0.293 e. The van der Waals surface area contributed by atoms with E-state index in [1.807, 2.05) is 30.3 Å². The molecule has 0 aliphatic heterocycles. The number of rotatable bonds is 5. The third-order valence-electron chi connectivity index (χ3n) is 5.99. The lowest BCUT2D eigenvalue weighted by atomic mass is 10.0. The number of Topliss-reactive ketones (excluding diaryl/α,β-unsaturated/α-hetero) is 1. The summed E-state index contributed by atoms with van der Waals surface area (Å²) in [5.41, 5.74) is 6.66. The summed E-state index contributed by atoms with van der Waals surface area (Å²) in [5, 5.41) is 2.02. The van der Waals surface area contributed by atoms with Crippen molar-refractivity contribution >= 4 is 65.2 Å². The van der Waals surface area contributed by atoms with Crippen LogP contribution in [0.5, 0.6) is 0 Å². The number of aryl methyl sites for hydroxylation is 1. The molecule has 3 heterocycles. The summed E-state index contributed by atoms with van der Waals surface area (Å²) in [6.45, 7) is 0. The van der Waals surface area contributed by atoms with E-state index in [2.05, 4.69) is 50.2 Å². The largest absolute Gasteiger partial charge is 0.293 e. The van der Waals surface area contributed by atoms with Crippen LogP contribution in [-0.4, -0.2) is 26.5 Å². The molecule has 4 nitrogen and oxygen atoms in total. The second-order valence-electron chi connectivity index (χ2n) is 7.99. The van der Waals surface area contributed by atoms with E-state index in [0.29, 0.717) is 11.3 Å². The van der Waals surface area contributed by atoms with Crippen LogP contribution in [-0.2, 0) is 12.8 Å². The molecule has 0 fully saturated rings. The fraction of sp³-hybridized carbons (Fsp3) is 0.154. The highest BCUT2D eigenvalue weighted by atomic mass is 79.9. The van der Waals surface area contributed by atoms with Crippen molar-refractivity contribution in [2.75, 3.05) is 5.75 Å². The summed E-state index contributed by atoms with van der Waals surface area (Å²) in [4.78, 5) is 28.0. The molecule has 33 heavy (non-hydrogen) atoms. The first-order valence-electron chi connectivity index (χ1n) is 10.7. The van der Waals surface area contributed by atoms with Crippen molar-refractivity contribution in [2.45, 2.75) is 24.3 Å². The van der Waals surface area contributed by atoms with Crippen LogP contribution in [0.25, 0.3) is 31.7 Å². The molecule has 0 radical (unpaired) electrons. The number of fused-ring (bicyclic) bond motifs is 5. The summed E-state index contributed by atoms with van der Waals surface area (Å²) in [6, 6.07) is 17.9. The standard InChI is InChI=1S/C26H18BrN3OS2/c27-17-11-9-15(10-12-17)20(31)13-32-26-24-23(28-14-29-26)21-18-7-4-8-19(18)22(30-25(21)33-24)16-5-2-1-3-6-16/h1-3,5-6,9-12,14H,4,7-8,13H2. The van der Waals surface area contributed by atoms with Crippen LogP contribution in [0.3, 0.4) is 0 Å². The van der Waals surface area contributed by atoms with E-state index in [4.69, 9.17) is 4.98 Å². The van der Waals surface area contributed by atoms with E-state index in [1.54, 1.807) is 17.7 Å². The number of pyridine rings is 1. The Hall–Kier alpha value is -2.61. The maximum absolute atomic E-state index is 12.7. The van der Waals surface area contributed by atoms with Crippen LogP contribution >= 0.6 is 39.0 Å². The molecule has 0 bridgehead atoms. The van der Waals surface area contributed by atoms with Gasteiger partial charge in [-0.05, 0) is 42.5 Å². The van der Waals surface area contributed by atoms with Crippen molar-refractivity contribution in [2.24, 2.45) is 0 Å². The van der Waals surface area contributed by atoms with E-state index in [0.717, 1.165) is 55.1 Å². The van der Waals surface area contributed by atoms with Gasteiger partial charge >= 0.3 is 0 Å². The maximum atomic E-state index is 12.7. The normalized spacial score (nSPS) is 13.0. The van der Waals surface area contributed by atoms with Gasteiger partial charge in [0.2, 0.25) is 0 Å². The first-order valence-corrected chi connectivity index (χ1v) is 13.3. The lowest BCUT2D eigenvalue weighted by molar-refractivity contribution is 0.102. The van der Waals surface area contributed by atoms with Gasteiger partial charge in [-0.2, -0.15) is 0 Å². The molecule has 3 aromatic heterocycles. The minimum absolute atomic E-state index is 0.0887. The van der Waals surface area contributed by atoms with E-state index in [1.165, 1.54) is 28.3 Å². The van der Waals surface area contributed by atoms with Crippen LogP contribution in [0.4, 0.5) is 0 Å².